The summed E-state index contributed by atoms with van der Waals surface area (Å²) in [4.78, 5) is 14.8. The summed E-state index contributed by atoms with van der Waals surface area (Å²) in [5.74, 6) is 2.66. The fraction of sp³-hybridized carbons (Fsp3) is 0.318. The van der Waals surface area contributed by atoms with Gasteiger partial charge in [-0.3, -0.25) is 9.36 Å². The number of thioether (sulfide) groups is 1. The first-order chi connectivity index (χ1) is 14.7. The molecule has 0 atom stereocenters. The molecule has 3 aromatic rings. The predicted molar refractivity (Wildman–Crippen MR) is 117 cm³/mol. The van der Waals surface area contributed by atoms with Crippen molar-refractivity contribution in [3.05, 3.63) is 60.2 Å². The summed E-state index contributed by atoms with van der Waals surface area (Å²) < 4.78 is 13.3. The molecule has 0 saturated carbocycles. The van der Waals surface area contributed by atoms with Crippen LogP contribution >= 0.6 is 11.8 Å². The topological polar surface area (TPSA) is 69.5 Å². The second-order valence-corrected chi connectivity index (χ2v) is 7.72. The number of ketones is 1. The summed E-state index contributed by atoms with van der Waals surface area (Å²) in [5, 5.41) is 9.42. The molecule has 0 N–H and O–H groups in total. The highest BCUT2D eigenvalue weighted by Crippen LogP contribution is 2.25. The standard InChI is InChI=1S/C22H24N4O3S/c1-2-26-21(25-12-14-28-15-13-25)23-24-22(26)30-16-20(27)17-8-10-19(11-9-17)29-18-6-4-3-5-7-18/h3-11H,2,12-16H2,1H3. The van der Waals surface area contributed by atoms with Crippen molar-refractivity contribution in [1.82, 2.24) is 14.8 Å². The third-order valence-corrected chi connectivity index (χ3v) is 5.76. The molecule has 0 aliphatic carbocycles. The van der Waals surface area contributed by atoms with E-state index in [4.69, 9.17) is 9.47 Å². The molecular weight excluding hydrogens is 400 g/mol. The third kappa shape index (κ3) is 4.83. The highest BCUT2D eigenvalue weighted by atomic mass is 32.2. The molecule has 2 aromatic carbocycles. The van der Waals surface area contributed by atoms with Crippen molar-refractivity contribution >= 4 is 23.5 Å². The average molecular weight is 425 g/mol. The SMILES string of the molecule is CCn1c(SCC(=O)c2ccc(Oc3ccccc3)cc2)nnc1N1CCOCC1. The lowest BCUT2D eigenvalue weighted by atomic mass is 10.1. The molecule has 0 unspecified atom stereocenters. The van der Waals surface area contributed by atoms with Gasteiger partial charge in [-0.2, -0.15) is 0 Å². The van der Waals surface area contributed by atoms with Gasteiger partial charge in [-0.05, 0) is 43.3 Å². The van der Waals surface area contributed by atoms with Gasteiger partial charge in [-0.25, -0.2) is 0 Å². The minimum absolute atomic E-state index is 0.0461. The van der Waals surface area contributed by atoms with E-state index in [1.54, 1.807) is 12.1 Å². The molecule has 7 nitrogen and oxygen atoms in total. The normalized spacial score (nSPS) is 14.0. The van der Waals surface area contributed by atoms with Crippen LogP contribution in [0.2, 0.25) is 0 Å². The fourth-order valence-corrected chi connectivity index (χ4v) is 4.10. The number of carbonyl (C=O) groups excluding carboxylic acids is 1. The van der Waals surface area contributed by atoms with E-state index in [0.29, 0.717) is 30.3 Å². The first-order valence-electron chi connectivity index (χ1n) is 9.99. The Morgan fingerprint density at radius 1 is 1.03 bits per heavy atom. The van der Waals surface area contributed by atoms with Gasteiger partial charge in [0, 0.05) is 25.2 Å². The van der Waals surface area contributed by atoms with Crippen LogP contribution in [0.25, 0.3) is 0 Å². The Morgan fingerprint density at radius 2 is 1.73 bits per heavy atom. The van der Waals surface area contributed by atoms with Gasteiger partial charge in [0.1, 0.15) is 11.5 Å². The zero-order valence-corrected chi connectivity index (χ0v) is 17.7. The van der Waals surface area contributed by atoms with Crippen LogP contribution in [0, 0.1) is 0 Å². The molecule has 1 aromatic heterocycles. The van der Waals surface area contributed by atoms with Crippen molar-refractivity contribution in [3.8, 4) is 11.5 Å². The van der Waals surface area contributed by atoms with Crippen LogP contribution in [-0.2, 0) is 11.3 Å². The van der Waals surface area contributed by atoms with Crippen LogP contribution in [0.5, 0.6) is 11.5 Å². The van der Waals surface area contributed by atoms with Crippen LogP contribution in [0.4, 0.5) is 5.95 Å². The smallest absolute Gasteiger partial charge is 0.228 e. The van der Waals surface area contributed by atoms with E-state index in [2.05, 4.69) is 26.6 Å². The molecule has 1 aliphatic rings. The Kier molecular flexibility index (Phi) is 6.66. The third-order valence-electron chi connectivity index (χ3n) is 4.80. The van der Waals surface area contributed by atoms with E-state index in [9.17, 15) is 4.79 Å². The number of anilines is 1. The largest absolute Gasteiger partial charge is 0.457 e. The highest BCUT2D eigenvalue weighted by molar-refractivity contribution is 7.99. The lowest BCUT2D eigenvalue weighted by molar-refractivity contribution is 0.102. The average Bonchev–Trinajstić information content (AvgIpc) is 3.22. The lowest BCUT2D eigenvalue weighted by Crippen LogP contribution is -2.38. The van der Waals surface area contributed by atoms with Gasteiger partial charge in [0.25, 0.3) is 0 Å². The van der Waals surface area contributed by atoms with E-state index in [1.165, 1.54) is 11.8 Å². The van der Waals surface area contributed by atoms with Crippen molar-refractivity contribution in [2.24, 2.45) is 0 Å². The van der Waals surface area contributed by atoms with Crippen LogP contribution in [0.3, 0.4) is 0 Å². The molecule has 0 spiro atoms. The van der Waals surface area contributed by atoms with Gasteiger partial charge in [0.2, 0.25) is 5.95 Å². The number of Topliss-reactive ketones (excluding diaryl/α,β-unsaturated/α-hetero) is 1. The molecule has 156 valence electrons. The number of ether oxygens (including phenoxy) is 2. The molecule has 0 radical (unpaired) electrons. The molecule has 1 aliphatic heterocycles. The first kappa shape index (κ1) is 20.4. The van der Waals surface area contributed by atoms with Crippen molar-refractivity contribution in [3.63, 3.8) is 0 Å². The Bertz CT molecular complexity index is 970. The van der Waals surface area contributed by atoms with E-state index in [-0.39, 0.29) is 5.78 Å². The maximum atomic E-state index is 12.6. The van der Waals surface area contributed by atoms with Crippen molar-refractivity contribution in [2.45, 2.75) is 18.6 Å². The molecule has 30 heavy (non-hydrogen) atoms. The zero-order chi connectivity index (χ0) is 20.8. The lowest BCUT2D eigenvalue weighted by Gasteiger charge is -2.27. The molecule has 2 heterocycles. The van der Waals surface area contributed by atoms with Gasteiger partial charge < -0.3 is 14.4 Å². The minimum Gasteiger partial charge on any atom is -0.457 e. The second kappa shape index (κ2) is 9.77. The monoisotopic (exact) mass is 424 g/mol. The minimum atomic E-state index is 0.0461. The van der Waals surface area contributed by atoms with E-state index >= 15 is 0 Å². The Hall–Kier alpha value is -2.84. The van der Waals surface area contributed by atoms with E-state index in [1.807, 2.05) is 42.5 Å². The number of hydrogen-bond acceptors (Lipinski definition) is 7. The van der Waals surface area contributed by atoms with E-state index < -0.39 is 0 Å². The van der Waals surface area contributed by atoms with Crippen LogP contribution in [0.15, 0.2) is 59.8 Å². The van der Waals surface area contributed by atoms with Crippen LogP contribution < -0.4 is 9.64 Å². The number of para-hydroxylation sites is 1. The molecule has 0 amide bonds. The van der Waals surface area contributed by atoms with Crippen LogP contribution in [-0.4, -0.2) is 52.6 Å². The first-order valence-corrected chi connectivity index (χ1v) is 11.0. The summed E-state index contributed by atoms with van der Waals surface area (Å²) in [5.41, 5.74) is 0.652. The maximum Gasteiger partial charge on any atom is 0.228 e. The molecule has 1 saturated heterocycles. The number of aromatic nitrogens is 3. The molecule has 0 bridgehead atoms. The number of morpholine rings is 1. The summed E-state index contributed by atoms with van der Waals surface area (Å²) in [7, 11) is 0. The number of hydrogen-bond donors (Lipinski definition) is 0. The second-order valence-electron chi connectivity index (χ2n) is 6.78. The quantitative estimate of drug-likeness (QED) is 0.401. The zero-order valence-electron chi connectivity index (χ0n) is 16.9. The summed E-state index contributed by atoms with van der Waals surface area (Å²) >= 11 is 1.42. The van der Waals surface area contributed by atoms with Gasteiger partial charge in [-0.15, -0.1) is 10.2 Å². The molecular formula is C22H24N4O3S. The number of nitrogens with zero attached hydrogens (tertiary/aromatic N) is 4. The molecule has 4 rings (SSSR count). The maximum absolute atomic E-state index is 12.6. The van der Waals surface area contributed by atoms with Gasteiger partial charge in [0.15, 0.2) is 10.9 Å². The highest BCUT2D eigenvalue weighted by Gasteiger charge is 2.20. The molecule has 1 fully saturated rings. The van der Waals surface area contributed by atoms with Crippen molar-refractivity contribution in [2.75, 3.05) is 37.0 Å². The summed E-state index contributed by atoms with van der Waals surface area (Å²) in [6.45, 7) is 5.81. The summed E-state index contributed by atoms with van der Waals surface area (Å²) in [6.07, 6.45) is 0. The fourth-order valence-electron chi connectivity index (χ4n) is 3.21. The van der Waals surface area contributed by atoms with Crippen molar-refractivity contribution < 1.29 is 14.3 Å². The number of carbonyl (C=O) groups is 1. The van der Waals surface area contributed by atoms with Gasteiger partial charge in [-0.1, -0.05) is 30.0 Å². The van der Waals surface area contributed by atoms with E-state index in [0.717, 1.165) is 36.5 Å². The Labute approximate surface area is 180 Å². The van der Waals surface area contributed by atoms with Crippen molar-refractivity contribution in [1.29, 1.82) is 0 Å². The van der Waals surface area contributed by atoms with Gasteiger partial charge >= 0.3 is 0 Å². The predicted octanol–water partition coefficient (Wildman–Crippen LogP) is 3.90. The summed E-state index contributed by atoms with van der Waals surface area (Å²) in [6, 6.07) is 16.8. The number of rotatable bonds is 8. The Balaban J connectivity index is 1.37. The van der Waals surface area contributed by atoms with Gasteiger partial charge in [0.05, 0.1) is 19.0 Å². The van der Waals surface area contributed by atoms with Crippen LogP contribution in [0.1, 0.15) is 17.3 Å². The Morgan fingerprint density at radius 3 is 2.43 bits per heavy atom. The molecule has 8 heteroatoms. The number of benzene rings is 2.